The third kappa shape index (κ3) is 6.32. The van der Waals surface area contributed by atoms with E-state index >= 15 is 0 Å². The van der Waals surface area contributed by atoms with Gasteiger partial charge in [0.25, 0.3) is 5.91 Å². The molecule has 2 aromatic carbocycles. The molecule has 2 heterocycles. The smallest absolute Gasteiger partial charge is 0.323 e. The van der Waals surface area contributed by atoms with E-state index in [1.807, 2.05) is 18.2 Å². The molecule has 0 spiro atoms. The van der Waals surface area contributed by atoms with E-state index in [-0.39, 0.29) is 43.1 Å². The van der Waals surface area contributed by atoms with Crippen molar-refractivity contribution in [3.8, 4) is 5.75 Å². The van der Waals surface area contributed by atoms with Gasteiger partial charge in [-0.05, 0) is 43.2 Å². The zero-order valence-electron chi connectivity index (χ0n) is 20.5. The number of anilines is 2. The summed E-state index contributed by atoms with van der Waals surface area (Å²) in [6.07, 6.45) is 1.01. The maximum absolute atomic E-state index is 13.4. The van der Waals surface area contributed by atoms with Crippen LogP contribution in [0, 0.1) is 0 Å². The first kappa shape index (κ1) is 25.5. The molecule has 3 atom stereocenters. The Kier molecular flexibility index (Phi) is 8.40. The van der Waals surface area contributed by atoms with Crippen LogP contribution in [0.25, 0.3) is 0 Å². The third-order valence-corrected chi connectivity index (χ3v) is 6.34. The molecule has 192 valence electrons. The number of benzene rings is 2. The summed E-state index contributed by atoms with van der Waals surface area (Å²) < 4.78 is 17.1. The summed E-state index contributed by atoms with van der Waals surface area (Å²) in [5, 5.41) is 8.33. The molecule has 1 fully saturated rings. The maximum atomic E-state index is 13.4. The maximum Gasteiger partial charge on any atom is 0.323 e. The van der Waals surface area contributed by atoms with Crippen LogP contribution in [0.3, 0.4) is 0 Å². The zero-order chi connectivity index (χ0) is 25.5. The number of carbonyl (C=O) groups is 3. The monoisotopic (exact) mass is 496 g/mol. The lowest BCUT2D eigenvalue weighted by Gasteiger charge is -2.42. The molecule has 0 aromatic heterocycles. The van der Waals surface area contributed by atoms with Gasteiger partial charge in [-0.3, -0.25) is 9.59 Å². The standard InChI is InChI=1S/C26H32N4O6/c1-30-21-10-9-19(15-24(31)27-12-13-34-2)36-23(21)16-35-22-11-8-18(14-20(22)25(30)32)29-26(33)28-17-6-4-3-5-7-17/h3-8,11,14,19,21,23H,9-10,12-13,15-16H2,1-2H3,(H,27,31)(H2,28,29,33)/t19-,21-,23+/m1/s1. The molecule has 3 N–H and O–H groups in total. The molecule has 1 saturated heterocycles. The summed E-state index contributed by atoms with van der Waals surface area (Å²) in [4.78, 5) is 39.6. The fourth-order valence-corrected chi connectivity index (χ4v) is 4.49. The number of methoxy groups -OCH3 is 1. The molecule has 4 rings (SSSR count). The Balaban J connectivity index is 1.40. The van der Waals surface area contributed by atoms with Gasteiger partial charge in [0.05, 0.1) is 30.7 Å². The van der Waals surface area contributed by atoms with Gasteiger partial charge in [0.2, 0.25) is 5.91 Å². The number of nitrogens with zero attached hydrogens (tertiary/aromatic N) is 1. The van der Waals surface area contributed by atoms with Crippen LogP contribution in [0.15, 0.2) is 48.5 Å². The Morgan fingerprint density at radius 3 is 2.64 bits per heavy atom. The van der Waals surface area contributed by atoms with Crippen LogP contribution in [0.5, 0.6) is 5.75 Å². The van der Waals surface area contributed by atoms with Gasteiger partial charge >= 0.3 is 6.03 Å². The minimum Gasteiger partial charge on any atom is -0.490 e. The van der Waals surface area contributed by atoms with E-state index in [0.717, 1.165) is 0 Å². The van der Waals surface area contributed by atoms with Crippen molar-refractivity contribution in [3.63, 3.8) is 0 Å². The van der Waals surface area contributed by atoms with E-state index in [2.05, 4.69) is 16.0 Å². The lowest BCUT2D eigenvalue weighted by molar-refractivity contribution is -0.134. The quantitative estimate of drug-likeness (QED) is 0.508. The van der Waals surface area contributed by atoms with Crippen LogP contribution >= 0.6 is 0 Å². The molecule has 2 aliphatic rings. The number of nitrogens with one attached hydrogen (secondary N) is 3. The first-order valence-electron chi connectivity index (χ1n) is 12.0. The molecular formula is C26H32N4O6. The largest absolute Gasteiger partial charge is 0.490 e. The molecule has 2 aromatic rings. The first-order chi connectivity index (χ1) is 17.4. The van der Waals surface area contributed by atoms with Crippen molar-refractivity contribution < 1.29 is 28.6 Å². The van der Waals surface area contributed by atoms with Crippen molar-refractivity contribution in [1.82, 2.24) is 10.2 Å². The highest BCUT2D eigenvalue weighted by Crippen LogP contribution is 2.32. The lowest BCUT2D eigenvalue weighted by Crippen LogP contribution is -2.54. The molecule has 4 amide bonds. The molecule has 10 nitrogen and oxygen atoms in total. The number of ether oxygens (including phenoxy) is 3. The molecule has 0 bridgehead atoms. The average molecular weight is 497 g/mol. The second-order valence-electron chi connectivity index (χ2n) is 8.87. The van der Waals surface area contributed by atoms with Crippen LogP contribution in [0.2, 0.25) is 0 Å². The lowest BCUT2D eigenvalue weighted by atomic mass is 9.94. The second kappa shape index (κ2) is 11.9. The topological polar surface area (TPSA) is 118 Å². The van der Waals surface area contributed by atoms with Gasteiger partial charge in [0.1, 0.15) is 18.5 Å². The minimum absolute atomic E-state index is 0.0895. The fraction of sp³-hybridized carbons (Fsp3) is 0.423. The van der Waals surface area contributed by atoms with E-state index in [9.17, 15) is 14.4 Å². The average Bonchev–Trinajstić information content (AvgIpc) is 2.87. The summed E-state index contributed by atoms with van der Waals surface area (Å²) in [7, 11) is 3.33. The van der Waals surface area contributed by atoms with E-state index in [1.54, 1.807) is 49.4 Å². The molecule has 10 heteroatoms. The van der Waals surface area contributed by atoms with Crippen molar-refractivity contribution in [2.75, 3.05) is 44.5 Å². The highest BCUT2D eigenvalue weighted by atomic mass is 16.5. The van der Waals surface area contributed by atoms with Crippen molar-refractivity contribution in [3.05, 3.63) is 54.1 Å². The number of amides is 4. The van der Waals surface area contributed by atoms with Crippen LogP contribution in [-0.4, -0.2) is 74.9 Å². The molecule has 2 aliphatic heterocycles. The second-order valence-corrected chi connectivity index (χ2v) is 8.87. The number of rotatable bonds is 7. The zero-order valence-corrected chi connectivity index (χ0v) is 20.5. The van der Waals surface area contributed by atoms with Crippen LogP contribution in [0.4, 0.5) is 16.2 Å². The molecule has 0 saturated carbocycles. The predicted octanol–water partition coefficient (Wildman–Crippen LogP) is 2.86. The molecule has 0 radical (unpaired) electrons. The normalized spacial score (nSPS) is 21.2. The number of urea groups is 1. The number of hydrogen-bond donors (Lipinski definition) is 3. The minimum atomic E-state index is -0.410. The van der Waals surface area contributed by atoms with Crippen LogP contribution < -0.4 is 20.7 Å². The van der Waals surface area contributed by atoms with Crippen molar-refractivity contribution in [2.45, 2.75) is 37.5 Å². The van der Waals surface area contributed by atoms with Gasteiger partial charge in [-0.2, -0.15) is 0 Å². The Labute approximate surface area is 210 Å². The van der Waals surface area contributed by atoms with Crippen LogP contribution in [-0.2, 0) is 14.3 Å². The summed E-state index contributed by atoms with van der Waals surface area (Å²) in [6, 6.07) is 13.5. The van der Waals surface area contributed by atoms with Crippen molar-refractivity contribution in [1.29, 1.82) is 0 Å². The number of hydrogen-bond acceptors (Lipinski definition) is 6. The number of carbonyl (C=O) groups excluding carboxylic acids is 3. The Hall–Kier alpha value is -3.63. The Morgan fingerprint density at radius 1 is 1.08 bits per heavy atom. The van der Waals surface area contributed by atoms with E-state index < -0.39 is 6.03 Å². The van der Waals surface area contributed by atoms with Crippen molar-refractivity contribution in [2.24, 2.45) is 0 Å². The Bertz CT molecular complexity index is 1080. The van der Waals surface area contributed by atoms with Gasteiger partial charge in [-0.1, -0.05) is 18.2 Å². The van der Waals surface area contributed by atoms with E-state index in [4.69, 9.17) is 14.2 Å². The van der Waals surface area contributed by atoms with Gasteiger partial charge in [-0.15, -0.1) is 0 Å². The van der Waals surface area contributed by atoms with Crippen molar-refractivity contribution >= 4 is 29.2 Å². The highest BCUT2D eigenvalue weighted by Gasteiger charge is 2.39. The molecular weight excluding hydrogens is 464 g/mol. The summed E-state index contributed by atoms with van der Waals surface area (Å²) in [6.45, 7) is 1.16. The molecule has 0 aliphatic carbocycles. The van der Waals surface area contributed by atoms with Gasteiger partial charge < -0.3 is 35.1 Å². The predicted molar refractivity (Wildman–Crippen MR) is 134 cm³/mol. The summed E-state index contributed by atoms with van der Waals surface area (Å²) in [5.74, 6) is 0.113. The molecule has 0 unspecified atom stereocenters. The molecule has 36 heavy (non-hydrogen) atoms. The first-order valence-corrected chi connectivity index (χ1v) is 12.0. The number of likely N-dealkylation sites (N-methyl/N-ethyl adjacent to an activating group) is 1. The SMILES string of the molecule is COCCNC(=O)C[C@H]1CC[C@@H]2[C@H](COc3ccc(NC(=O)Nc4ccccc4)cc3C(=O)N2C)O1. The third-order valence-electron chi connectivity index (χ3n) is 6.34. The number of fused-ring (bicyclic) bond motifs is 2. The summed E-state index contributed by atoms with van der Waals surface area (Å²) in [5.41, 5.74) is 1.51. The Morgan fingerprint density at radius 2 is 1.86 bits per heavy atom. The van der Waals surface area contributed by atoms with E-state index in [0.29, 0.717) is 48.7 Å². The van der Waals surface area contributed by atoms with Gasteiger partial charge in [0.15, 0.2) is 0 Å². The summed E-state index contributed by atoms with van der Waals surface area (Å²) >= 11 is 0. The fourth-order valence-electron chi connectivity index (χ4n) is 4.49. The number of para-hydroxylation sites is 1. The van der Waals surface area contributed by atoms with Gasteiger partial charge in [-0.25, -0.2) is 4.79 Å². The highest BCUT2D eigenvalue weighted by molar-refractivity contribution is 6.02. The van der Waals surface area contributed by atoms with Crippen LogP contribution in [0.1, 0.15) is 29.6 Å². The van der Waals surface area contributed by atoms with Gasteiger partial charge in [0, 0.05) is 32.1 Å². The van der Waals surface area contributed by atoms with E-state index in [1.165, 1.54) is 0 Å².